The number of nitrogens with zero attached hydrogens (tertiary/aromatic N) is 1. The molecule has 112 valence electrons. The molecule has 2 unspecified atom stereocenters. The van der Waals surface area contributed by atoms with Crippen LogP contribution >= 0.6 is 0 Å². The number of hydrogen-bond acceptors (Lipinski definition) is 2. The van der Waals surface area contributed by atoms with Crippen molar-refractivity contribution in [2.45, 2.75) is 46.3 Å². The Morgan fingerprint density at radius 3 is 2.55 bits per heavy atom. The highest BCUT2D eigenvalue weighted by molar-refractivity contribution is 5.18. The van der Waals surface area contributed by atoms with Gasteiger partial charge in [0.25, 0.3) is 0 Å². The minimum atomic E-state index is -0.783. The molecule has 4 heteroatoms. The molecule has 0 amide bonds. The van der Waals surface area contributed by atoms with E-state index in [-0.39, 0.29) is 5.41 Å². The number of rotatable bonds is 2. The Hall–Kier alpha value is -1.00. The fourth-order valence-electron chi connectivity index (χ4n) is 2.89. The first-order chi connectivity index (χ1) is 9.27. The summed E-state index contributed by atoms with van der Waals surface area (Å²) in [5.74, 6) is -1.55. The Labute approximate surface area is 120 Å². The molecule has 0 aromatic heterocycles. The molecular weight excluding hydrogens is 258 g/mol. The topological polar surface area (TPSA) is 15.3 Å². The lowest BCUT2D eigenvalue weighted by atomic mass is 9.83. The van der Waals surface area contributed by atoms with E-state index in [9.17, 15) is 8.78 Å². The third-order valence-electron chi connectivity index (χ3n) is 3.98. The van der Waals surface area contributed by atoms with Crippen LogP contribution in [-0.4, -0.2) is 30.1 Å². The van der Waals surface area contributed by atoms with Crippen molar-refractivity contribution >= 4 is 0 Å². The summed E-state index contributed by atoms with van der Waals surface area (Å²) in [5, 5.41) is 3.50. The summed E-state index contributed by atoms with van der Waals surface area (Å²) in [6.07, 6.45) is 0. The van der Waals surface area contributed by atoms with Gasteiger partial charge in [-0.05, 0) is 30.0 Å². The molecule has 1 aromatic rings. The van der Waals surface area contributed by atoms with Crippen LogP contribution in [0.2, 0.25) is 0 Å². The van der Waals surface area contributed by atoms with Gasteiger partial charge >= 0.3 is 0 Å². The molecule has 2 atom stereocenters. The minimum Gasteiger partial charge on any atom is -0.311 e. The molecule has 1 fully saturated rings. The van der Waals surface area contributed by atoms with Gasteiger partial charge in [-0.15, -0.1) is 0 Å². The number of hydrogen-bond donors (Lipinski definition) is 1. The van der Waals surface area contributed by atoms with Gasteiger partial charge in [0.1, 0.15) is 0 Å². The zero-order valence-electron chi connectivity index (χ0n) is 12.7. The van der Waals surface area contributed by atoms with Gasteiger partial charge < -0.3 is 5.32 Å². The maximum absolute atomic E-state index is 13.3. The van der Waals surface area contributed by atoms with Crippen molar-refractivity contribution in [1.29, 1.82) is 0 Å². The van der Waals surface area contributed by atoms with E-state index in [0.29, 0.717) is 18.6 Å². The normalized spacial score (nSPS) is 24.9. The van der Waals surface area contributed by atoms with Crippen LogP contribution in [0.15, 0.2) is 18.2 Å². The maximum Gasteiger partial charge on any atom is 0.159 e. The average molecular weight is 282 g/mol. The van der Waals surface area contributed by atoms with E-state index >= 15 is 0 Å². The molecule has 1 saturated heterocycles. The number of nitrogens with one attached hydrogen (secondary N) is 1. The first-order valence-corrected chi connectivity index (χ1v) is 7.18. The zero-order valence-corrected chi connectivity index (χ0v) is 12.7. The van der Waals surface area contributed by atoms with Crippen LogP contribution in [-0.2, 0) is 6.54 Å². The molecule has 1 aromatic carbocycles. The van der Waals surface area contributed by atoms with E-state index < -0.39 is 11.6 Å². The molecule has 2 nitrogen and oxygen atoms in total. The van der Waals surface area contributed by atoms with Gasteiger partial charge in [-0.2, -0.15) is 0 Å². The fraction of sp³-hybridized carbons (Fsp3) is 0.625. The van der Waals surface area contributed by atoms with Crippen molar-refractivity contribution < 1.29 is 8.78 Å². The van der Waals surface area contributed by atoms with Gasteiger partial charge in [-0.25, -0.2) is 8.78 Å². The van der Waals surface area contributed by atoms with Gasteiger partial charge in [0.2, 0.25) is 0 Å². The van der Waals surface area contributed by atoms with E-state index in [2.05, 4.69) is 37.9 Å². The van der Waals surface area contributed by atoms with Crippen LogP contribution in [0.5, 0.6) is 0 Å². The lowest BCUT2D eigenvalue weighted by Gasteiger charge is -2.46. The highest BCUT2D eigenvalue weighted by Gasteiger charge is 2.34. The molecule has 0 saturated carbocycles. The average Bonchev–Trinajstić information content (AvgIpc) is 2.32. The monoisotopic (exact) mass is 282 g/mol. The summed E-state index contributed by atoms with van der Waals surface area (Å²) in [5.41, 5.74) is 0.971. The van der Waals surface area contributed by atoms with Crippen LogP contribution in [0.1, 0.15) is 33.3 Å². The molecule has 0 bridgehead atoms. The van der Waals surface area contributed by atoms with Crippen molar-refractivity contribution in [2.75, 3.05) is 13.1 Å². The minimum absolute atomic E-state index is 0.145. The quantitative estimate of drug-likeness (QED) is 0.896. The molecule has 1 N–H and O–H groups in total. The van der Waals surface area contributed by atoms with Crippen LogP contribution in [0.4, 0.5) is 8.78 Å². The molecule has 1 heterocycles. The molecule has 0 radical (unpaired) electrons. The summed E-state index contributed by atoms with van der Waals surface area (Å²) in [6.45, 7) is 11.3. The Morgan fingerprint density at radius 2 is 1.95 bits per heavy atom. The Bertz CT molecular complexity index is 468. The number of benzene rings is 1. The van der Waals surface area contributed by atoms with Crippen molar-refractivity contribution in [3.05, 3.63) is 35.4 Å². The lowest BCUT2D eigenvalue weighted by molar-refractivity contribution is 0.0525. The predicted molar refractivity (Wildman–Crippen MR) is 77.5 cm³/mol. The maximum atomic E-state index is 13.3. The Kier molecular flexibility index (Phi) is 4.45. The number of halogens is 2. The van der Waals surface area contributed by atoms with Crippen molar-refractivity contribution in [3.8, 4) is 0 Å². The van der Waals surface area contributed by atoms with Crippen LogP contribution in [0.25, 0.3) is 0 Å². The van der Waals surface area contributed by atoms with E-state index in [1.807, 2.05) is 0 Å². The SMILES string of the molecule is CC1CN(Cc2ccc(F)c(F)c2)C(C(C)(C)C)CN1. The molecule has 20 heavy (non-hydrogen) atoms. The van der Waals surface area contributed by atoms with E-state index in [1.54, 1.807) is 6.07 Å². The Balaban J connectivity index is 2.16. The fourth-order valence-corrected chi connectivity index (χ4v) is 2.89. The molecule has 1 aliphatic rings. The van der Waals surface area contributed by atoms with Crippen LogP contribution in [0.3, 0.4) is 0 Å². The number of piperazine rings is 1. The van der Waals surface area contributed by atoms with Crippen molar-refractivity contribution in [1.82, 2.24) is 10.2 Å². The van der Waals surface area contributed by atoms with Crippen LogP contribution < -0.4 is 5.32 Å². The van der Waals surface area contributed by atoms with Gasteiger partial charge in [-0.1, -0.05) is 26.8 Å². The first kappa shape index (κ1) is 15.4. The smallest absolute Gasteiger partial charge is 0.159 e. The van der Waals surface area contributed by atoms with Gasteiger partial charge in [0, 0.05) is 31.7 Å². The van der Waals surface area contributed by atoms with Crippen LogP contribution in [0, 0.1) is 17.0 Å². The largest absolute Gasteiger partial charge is 0.311 e. The molecular formula is C16H24F2N2. The Morgan fingerprint density at radius 1 is 1.25 bits per heavy atom. The van der Waals surface area contributed by atoms with E-state index in [0.717, 1.165) is 18.7 Å². The van der Waals surface area contributed by atoms with Crippen molar-refractivity contribution in [3.63, 3.8) is 0 Å². The molecule has 1 aliphatic heterocycles. The third kappa shape index (κ3) is 3.55. The zero-order chi connectivity index (χ0) is 14.9. The van der Waals surface area contributed by atoms with E-state index in [1.165, 1.54) is 12.1 Å². The second-order valence-corrected chi connectivity index (χ2v) is 6.87. The first-order valence-electron chi connectivity index (χ1n) is 7.18. The highest BCUT2D eigenvalue weighted by Crippen LogP contribution is 2.28. The van der Waals surface area contributed by atoms with Crippen molar-refractivity contribution in [2.24, 2.45) is 5.41 Å². The highest BCUT2D eigenvalue weighted by atomic mass is 19.2. The summed E-state index contributed by atoms with van der Waals surface area (Å²) < 4.78 is 26.3. The molecule has 2 rings (SSSR count). The summed E-state index contributed by atoms with van der Waals surface area (Å²) in [6, 6.07) is 4.99. The summed E-state index contributed by atoms with van der Waals surface area (Å²) in [7, 11) is 0. The van der Waals surface area contributed by atoms with Gasteiger partial charge in [0.05, 0.1) is 0 Å². The second-order valence-electron chi connectivity index (χ2n) is 6.87. The van der Waals surface area contributed by atoms with Gasteiger partial charge in [-0.3, -0.25) is 4.90 Å². The molecule has 0 spiro atoms. The summed E-state index contributed by atoms with van der Waals surface area (Å²) in [4.78, 5) is 2.37. The lowest BCUT2D eigenvalue weighted by Crippen LogP contribution is -2.59. The summed E-state index contributed by atoms with van der Waals surface area (Å²) >= 11 is 0. The molecule has 0 aliphatic carbocycles. The standard InChI is InChI=1S/C16H24F2N2/c1-11-9-20(15(8-19-11)16(2,3)4)10-12-5-6-13(17)14(18)7-12/h5-7,11,15,19H,8-10H2,1-4H3. The predicted octanol–water partition coefficient (Wildman–Crippen LogP) is 3.17. The second kappa shape index (κ2) is 5.78. The third-order valence-corrected chi connectivity index (χ3v) is 3.98. The van der Waals surface area contributed by atoms with Gasteiger partial charge in [0.15, 0.2) is 11.6 Å². The van der Waals surface area contributed by atoms with E-state index in [4.69, 9.17) is 0 Å².